The molecule has 1 amide bonds. The second-order valence-electron chi connectivity index (χ2n) is 6.39. The number of carbonyl (C=O) groups is 3. The maximum atomic E-state index is 12.6. The van der Waals surface area contributed by atoms with Crippen LogP contribution in [0.1, 0.15) is 23.7 Å². The lowest BCUT2D eigenvalue weighted by molar-refractivity contribution is -0.154. The minimum absolute atomic E-state index is 0.116. The fourth-order valence-corrected chi connectivity index (χ4v) is 2.64. The Labute approximate surface area is 156 Å². The Bertz CT molecular complexity index is 732. The third kappa shape index (κ3) is 4.48. The van der Waals surface area contributed by atoms with Crippen LogP contribution in [-0.4, -0.2) is 74.0 Å². The highest BCUT2D eigenvalue weighted by Gasteiger charge is 2.26. The first-order valence-electron chi connectivity index (χ1n) is 8.67. The van der Waals surface area contributed by atoms with Crippen molar-refractivity contribution in [1.82, 2.24) is 9.80 Å². The van der Waals surface area contributed by atoms with Gasteiger partial charge in [-0.3, -0.25) is 14.5 Å². The number of amides is 1. The lowest BCUT2D eigenvalue weighted by Crippen LogP contribution is -2.42. The number of ketones is 1. The molecule has 1 aromatic rings. The zero-order valence-electron chi connectivity index (χ0n) is 15.3. The Hall–Kier alpha value is -2.81. The number of carbonyl (C=O) groups excluding carboxylic acids is 3. The predicted molar refractivity (Wildman–Crippen MR) is 92.6 cm³/mol. The summed E-state index contributed by atoms with van der Waals surface area (Å²) in [4.78, 5) is 39.3. The highest BCUT2D eigenvalue weighted by atomic mass is 16.7. The molecule has 2 aliphatic rings. The van der Waals surface area contributed by atoms with E-state index in [4.69, 9.17) is 18.9 Å². The predicted octanol–water partition coefficient (Wildman–Crippen LogP) is 1.26. The molecule has 0 spiro atoms. The maximum Gasteiger partial charge on any atom is 0.413 e. The van der Waals surface area contributed by atoms with Gasteiger partial charge in [0.1, 0.15) is 0 Å². The van der Waals surface area contributed by atoms with Gasteiger partial charge >= 0.3 is 12.1 Å². The maximum absolute atomic E-state index is 12.6. The van der Waals surface area contributed by atoms with Gasteiger partial charge in [0.25, 0.3) is 0 Å². The van der Waals surface area contributed by atoms with Gasteiger partial charge in [-0.2, -0.15) is 0 Å². The highest BCUT2D eigenvalue weighted by Crippen LogP contribution is 2.33. The zero-order valence-corrected chi connectivity index (χ0v) is 15.3. The monoisotopic (exact) mass is 378 g/mol. The quantitative estimate of drug-likeness (QED) is 0.398. The van der Waals surface area contributed by atoms with Crippen LogP contribution >= 0.6 is 0 Å². The smallest absolute Gasteiger partial charge is 0.413 e. The van der Waals surface area contributed by atoms with Gasteiger partial charge in [-0.1, -0.05) is 0 Å². The molecule has 1 aromatic carbocycles. The molecule has 0 N–H and O–H groups in total. The third-order valence-corrected chi connectivity index (χ3v) is 4.61. The van der Waals surface area contributed by atoms with E-state index in [1.54, 1.807) is 25.1 Å². The van der Waals surface area contributed by atoms with Crippen molar-refractivity contribution in [2.24, 2.45) is 0 Å². The van der Waals surface area contributed by atoms with Gasteiger partial charge in [0.2, 0.25) is 13.6 Å². The molecule has 1 fully saturated rings. The van der Waals surface area contributed by atoms with Crippen molar-refractivity contribution in [3.8, 4) is 11.5 Å². The molecule has 2 aliphatic heterocycles. The summed E-state index contributed by atoms with van der Waals surface area (Å²) in [6, 6.07) is 4.08. The van der Waals surface area contributed by atoms with Crippen LogP contribution in [0.3, 0.4) is 0 Å². The van der Waals surface area contributed by atoms with Crippen molar-refractivity contribution in [3.05, 3.63) is 23.8 Å². The van der Waals surface area contributed by atoms with Gasteiger partial charge in [0.05, 0.1) is 12.6 Å². The largest absolute Gasteiger partial charge is 0.454 e. The number of hydrogen-bond donors (Lipinski definition) is 0. The van der Waals surface area contributed by atoms with E-state index in [1.165, 1.54) is 7.05 Å². The molecule has 2 heterocycles. The number of hydrogen-bond acceptors (Lipinski definition) is 8. The summed E-state index contributed by atoms with van der Waals surface area (Å²) >= 11 is 0. The second kappa shape index (κ2) is 8.26. The first-order chi connectivity index (χ1) is 13.0. The first-order valence-corrected chi connectivity index (χ1v) is 8.67. The van der Waals surface area contributed by atoms with E-state index >= 15 is 0 Å². The van der Waals surface area contributed by atoms with E-state index in [0.29, 0.717) is 17.1 Å². The fourth-order valence-electron chi connectivity index (χ4n) is 2.64. The van der Waals surface area contributed by atoms with Crippen molar-refractivity contribution >= 4 is 17.8 Å². The highest BCUT2D eigenvalue weighted by molar-refractivity contribution is 6.01. The lowest BCUT2D eigenvalue weighted by atomic mass is 10.0. The number of Topliss-reactive ketones (excluding diaryl/α,β-unsaturated/α-hetero) is 1. The molecule has 27 heavy (non-hydrogen) atoms. The van der Waals surface area contributed by atoms with Crippen LogP contribution in [0.4, 0.5) is 4.79 Å². The Kier molecular flexibility index (Phi) is 5.80. The number of benzene rings is 1. The molecule has 0 radical (unpaired) electrons. The second-order valence-corrected chi connectivity index (χ2v) is 6.39. The van der Waals surface area contributed by atoms with Gasteiger partial charge in [-0.05, 0) is 44.6 Å². The van der Waals surface area contributed by atoms with Crippen molar-refractivity contribution in [1.29, 1.82) is 0 Å². The molecular weight excluding hydrogens is 356 g/mol. The van der Waals surface area contributed by atoms with E-state index in [0.717, 1.165) is 24.4 Å². The van der Waals surface area contributed by atoms with E-state index in [2.05, 4.69) is 0 Å². The summed E-state index contributed by atoms with van der Waals surface area (Å²) in [7, 11) is 1.44. The molecule has 9 heteroatoms. The number of likely N-dealkylation sites (N-methyl/N-ethyl adjacent to an activating group) is 1. The number of likely N-dealkylation sites (tertiary alicyclic amines) is 1. The fraction of sp³-hybridized carbons (Fsp3) is 0.500. The number of esters is 1. The number of nitrogens with zero attached hydrogens (tertiary/aromatic N) is 2. The molecule has 0 saturated carbocycles. The topological polar surface area (TPSA) is 94.6 Å². The summed E-state index contributed by atoms with van der Waals surface area (Å²) in [5.41, 5.74) is 0.396. The van der Waals surface area contributed by atoms with Crippen molar-refractivity contribution < 1.29 is 33.3 Å². The molecule has 9 nitrogen and oxygen atoms in total. The molecule has 0 aliphatic carbocycles. The Morgan fingerprint density at radius 1 is 1.19 bits per heavy atom. The number of fused-ring (bicyclic) bond motifs is 1. The van der Waals surface area contributed by atoms with Crippen LogP contribution in [0, 0.1) is 0 Å². The zero-order chi connectivity index (χ0) is 19.4. The molecular formula is C18H22N2O7. The Morgan fingerprint density at radius 2 is 1.93 bits per heavy atom. The average molecular weight is 378 g/mol. The molecule has 1 atom stereocenters. The molecule has 0 bridgehead atoms. The normalized spacial score (nSPS) is 16.2. The summed E-state index contributed by atoms with van der Waals surface area (Å²) in [6.45, 7) is 3.15. The lowest BCUT2D eigenvalue weighted by Gasteiger charge is -2.29. The molecule has 1 saturated heterocycles. The minimum Gasteiger partial charge on any atom is -0.454 e. The van der Waals surface area contributed by atoms with Gasteiger partial charge in [0, 0.05) is 12.6 Å². The van der Waals surface area contributed by atoms with Crippen LogP contribution in [0.5, 0.6) is 11.5 Å². The molecule has 1 unspecified atom stereocenters. The Balaban J connectivity index is 1.46. The molecule has 0 aromatic heterocycles. The van der Waals surface area contributed by atoms with E-state index in [9.17, 15) is 14.4 Å². The van der Waals surface area contributed by atoms with Crippen molar-refractivity contribution in [2.45, 2.75) is 19.4 Å². The van der Waals surface area contributed by atoms with Gasteiger partial charge in [0.15, 0.2) is 17.3 Å². The van der Waals surface area contributed by atoms with Crippen LogP contribution in [-0.2, 0) is 14.3 Å². The van der Waals surface area contributed by atoms with Crippen molar-refractivity contribution in [3.63, 3.8) is 0 Å². The summed E-state index contributed by atoms with van der Waals surface area (Å²) < 4.78 is 20.3. The van der Waals surface area contributed by atoms with Crippen LogP contribution in [0.2, 0.25) is 0 Å². The molecule has 146 valence electrons. The van der Waals surface area contributed by atoms with Crippen LogP contribution in [0.25, 0.3) is 0 Å². The Morgan fingerprint density at radius 3 is 2.63 bits per heavy atom. The van der Waals surface area contributed by atoms with Crippen LogP contribution < -0.4 is 9.47 Å². The minimum atomic E-state index is -0.769. The van der Waals surface area contributed by atoms with E-state index in [-0.39, 0.29) is 19.1 Å². The number of ether oxygens (including phenoxy) is 4. The first kappa shape index (κ1) is 19.0. The van der Waals surface area contributed by atoms with E-state index in [1.807, 2.05) is 4.90 Å². The summed E-state index contributed by atoms with van der Waals surface area (Å²) in [5, 5.41) is 0. The molecule has 3 rings (SSSR count). The summed E-state index contributed by atoms with van der Waals surface area (Å²) in [6.07, 6.45) is 0.316. The SMILES string of the molecule is CC(C(=O)c1ccc2c(c1)OCO2)N(C)C(=O)OCOC(=O)CN1CCC1. The standard InChI is InChI=1S/C18H22N2O7/c1-12(17(22)13-4-5-14-15(8-13)25-10-24-14)19(2)18(23)27-11-26-16(21)9-20-6-3-7-20/h4-5,8,12H,3,6-7,9-11H2,1-2H3. The van der Waals surface area contributed by atoms with E-state index < -0.39 is 24.9 Å². The number of rotatable bonds is 7. The van der Waals surface area contributed by atoms with Gasteiger partial charge in [-0.15, -0.1) is 0 Å². The van der Waals surface area contributed by atoms with Crippen molar-refractivity contribution in [2.75, 3.05) is 40.3 Å². The summed E-state index contributed by atoms with van der Waals surface area (Å²) in [5.74, 6) is 0.344. The third-order valence-electron chi connectivity index (χ3n) is 4.61. The van der Waals surface area contributed by atoms with Gasteiger partial charge < -0.3 is 23.8 Å². The average Bonchev–Trinajstić information content (AvgIpc) is 3.10. The van der Waals surface area contributed by atoms with Gasteiger partial charge in [-0.25, -0.2) is 4.79 Å². The van der Waals surface area contributed by atoms with Crippen LogP contribution in [0.15, 0.2) is 18.2 Å².